The van der Waals surface area contributed by atoms with Gasteiger partial charge in [0.25, 0.3) is 0 Å². The molecule has 0 amide bonds. The Bertz CT molecular complexity index is 1320. The lowest BCUT2D eigenvalue weighted by molar-refractivity contribution is -0.0456. The Hall–Kier alpha value is -3.15. The number of likely N-dealkylation sites (N-methyl/N-ethyl adjacent to an activating group) is 1. The molecule has 2 aromatic rings. The summed E-state index contributed by atoms with van der Waals surface area (Å²) in [6.45, 7) is 5.47. The number of methoxy groups -OCH3 is 3. The third kappa shape index (κ3) is 3.20. The van der Waals surface area contributed by atoms with Gasteiger partial charge >= 0.3 is 0 Å². The van der Waals surface area contributed by atoms with Crippen LogP contribution in [0.15, 0.2) is 0 Å². The summed E-state index contributed by atoms with van der Waals surface area (Å²) in [5.74, 6) is 0.899. The first-order chi connectivity index (χ1) is 17.7. The number of aliphatic hydroxyl groups excluding tert-OH is 1. The van der Waals surface area contributed by atoms with Crippen LogP contribution >= 0.6 is 0 Å². The van der Waals surface area contributed by atoms with Crippen molar-refractivity contribution in [3.8, 4) is 34.8 Å². The van der Waals surface area contributed by atoms with Crippen LogP contribution in [-0.4, -0.2) is 61.2 Å². The van der Waals surface area contributed by atoms with E-state index in [2.05, 4.69) is 11.0 Å². The van der Waals surface area contributed by atoms with Crippen molar-refractivity contribution in [3.63, 3.8) is 0 Å². The lowest BCUT2D eigenvalue weighted by Gasteiger charge is -2.58. The molecule has 2 heterocycles. The van der Waals surface area contributed by atoms with E-state index in [-0.39, 0.29) is 47.9 Å². The lowest BCUT2D eigenvalue weighted by Crippen LogP contribution is -2.59. The lowest BCUT2D eigenvalue weighted by atomic mass is 9.54. The highest BCUT2D eigenvalue weighted by molar-refractivity contribution is 5.66. The predicted octanol–water partition coefficient (Wildman–Crippen LogP) is 3.66. The SMILES string of the molecule is COc1c(C)c(OC)c2c(c1O)C1[C@@H]3Cc4c(O)c(C)c(C)c(OC)c4[C@H](CO)C3[C@@H](C#N)C(C2)N1C. The number of benzene rings is 2. The molecule has 2 bridgehead atoms. The van der Waals surface area contributed by atoms with Gasteiger partial charge in [-0.15, -0.1) is 0 Å². The van der Waals surface area contributed by atoms with Crippen molar-refractivity contribution in [2.45, 2.75) is 51.6 Å². The van der Waals surface area contributed by atoms with Crippen LogP contribution in [0.25, 0.3) is 0 Å². The minimum absolute atomic E-state index is 0.0912. The summed E-state index contributed by atoms with van der Waals surface area (Å²) in [4.78, 5) is 2.19. The Morgan fingerprint density at radius 1 is 0.865 bits per heavy atom. The molecule has 1 saturated heterocycles. The molecular formula is C29H36N2O6. The fraction of sp³-hybridized carbons (Fsp3) is 0.552. The molecule has 3 unspecified atom stereocenters. The quantitative estimate of drug-likeness (QED) is 0.573. The molecule has 1 fully saturated rings. The molecular weight excluding hydrogens is 472 g/mol. The van der Waals surface area contributed by atoms with Gasteiger partial charge < -0.3 is 29.5 Å². The molecule has 0 radical (unpaired) electrons. The van der Waals surface area contributed by atoms with Gasteiger partial charge in [-0.2, -0.15) is 5.26 Å². The van der Waals surface area contributed by atoms with Crippen molar-refractivity contribution in [1.82, 2.24) is 4.90 Å². The third-order valence-corrected chi connectivity index (χ3v) is 9.50. The molecule has 37 heavy (non-hydrogen) atoms. The number of phenols is 2. The predicted molar refractivity (Wildman–Crippen MR) is 138 cm³/mol. The molecule has 6 atom stereocenters. The molecule has 8 heteroatoms. The highest BCUT2D eigenvalue weighted by Gasteiger charge is 2.58. The van der Waals surface area contributed by atoms with Crippen molar-refractivity contribution >= 4 is 0 Å². The summed E-state index contributed by atoms with van der Waals surface area (Å²) >= 11 is 0. The standard InChI is InChI=1S/C29H36N2O6/c1-12-13(2)28(36-6)22-16(25(12)33)8-15-21(19(22)11-32)18(10-30)20-9-17-23(24(15)31(20)4)26(34)29(37-7)14(3)27(17)35-5/h15,18-21,24,32-34H,8-9,11H2,1-7H3/t15-,18+,19-,20?,21?,24?/m1/s1. The first kappa shape index (κ1) is 25.5. The molecule has 3 N–H and O–H groups in total. The van der Waals surface area contributed by atoms with E-state index in [0.717, 1.165) is 38.9 Å². The van der Waals surface area contributed by atoms with Crippen molar-refractivity contribution in [2.24, 2.45) is 17.8 Å². The van der Waals surface area contributed by atoms with Gasteiger partial charge in [0, 0.05) is 45.8 Å². The van der Waals surface area contributed by atoms with E-state index in [0.29, 0.717) is 30.1 Å². The summed E-state index contributed by atoms with van der Waals surface area (Å²) in [6, 6.07) is 2.20. The Balaban J connectivity index is 1.82. The van der Waals surface area contributed by atoms with E-state index in [1.165, 1.54) is 7.11 Å². The summed E-state index contributed by atoms with van der Waals surface area (Å²) in [5, 5.41) is 44.1. The molecule has 1 aliphatic carbocycles. The van der Waals surface area contributed by atoms with E-state index < -0.39 is 5.92 Å². The van der Waals surface area contributed by atoms with Crippen LogP contribution in [0.1, 0.15) is 50.9 Å². The van der Waals surface area contributed by atoms with Crippen LogP contribution in [0.2, 0.25) is 0 Å². The average Bonchev–Trinajstić information content (AvgIpc) is 2.88. The Morgan fingerprint density at radius 3 is 2.08 bits per heavy atom. The topological polar surface area (TPSA) is 115 Å². The van der Waals surface area contributed by atoms with Crippen LogP contribution in [0.4, 0.5) is 0 Å². The molecule has 2 aromatic carbocycles. The summed E-state index contributed by atoms with van der Waals surface area (Å²) in [6.07, 6.45) is 1.02. The number of hydrogen-bond acceptors (Lipinski definition) is 8. The van der Waals surface area contributed by atoms with E-state index in [9.17, 15) is 20.6 Å². The van der Waals surface area contributed by atoms with E-state index in [1.54, 1.807) is 14.2 Å². The van der Waals surface area contributed by atoms with Crippen LogP contribution in [0.3, 0.4) is 0 Å². The first-order valence-electron chi connectivity index (χ1n) is 12.8. The zero-order valence-corrected chi connectivity index (χ0v) is 22.5. The molecule has 3 aliphatic rings. The second-order valence-electron chi connectivity index (χ2n) is 10.7. The van der Waals surface area contributed by atoms with E-state index in [4.69, 9.17) is 14.2 Å². The van der Waals surface area contributed by atoms with Crippen molar-refractivity contribution in [3.05, 3.63) is 38.9 Å². The van der Waals surface area contributed by atoms with Gasteiger partial charge in [-0.1, -0.05) is 0 Å². The number of nitriles is 1. The van der Waals surface area contributed by atoms with Crippen molar-refractivity contribution in [1.29, 1.82) is 5.26 Å². The fourth-order valence-electron chi connectivity index (χ4n) is 7.85. The van der Waals surface area contributed by atoms with Gasteiger partial charge in [-0.25, -0.2) is 0 Å². The molecule has 8 nitrogen and oxygen atoms in total. The highest BCUT2D eigenvalue weighted by Crippen LogP contribution is 2.62. The highest BCUT2D eigenvalue weighted by atomic mass is 16.5. The molecule has 198 valence electrons. The summed E-state index contributed by atoms with van der Waals surface area (Å²) in [5.41, 5.74) is 5.52. The Labute approximate surface area is 218 Å². The Kier molecular flexibility index (Phi) is 6.20. The summed E-state index contributed by atoms with van der Waals surface area (Å²) < 4.78 is 17.3. The number of ether oxygens (including phenoxy) is 3. The number of fused-ring (bicyclic) bond motifs is 7. The van der Waals surface area contributed by atoms with Crippen molar-refractivity contribution < 1.29 is 29.5 Å². The first-order valence-corrected chi connectivity index (χ1v) is 12.8. The van der Waals surface area contributed by atoms with Crippen LogP contribution in [0, 0.1) is 49.9 Å². The van der Waals surface area contributed by atoms with Crippen LogP contribution in [0.5, 0.6) is 28.7 Å². The molecule has 0 aromatic heterocycles. The van der Waals surface area contributed by atoms with Gasteiger partial charge in [0.15, 0.2) is 11.5 Å². The maximum Gasteiger partial charge on any atom is 0.167 e. The fourth-order valence-corrected chi connectivity index (χ4v) is 7.85. The monoisotopic (exact) mass is 508 g/mol. The molecule has 2 aliphatic heterocycles. The smallest absolute Gasteiger partial charge is 0.167 e. The van der Waals surface area contributed by atoms with Gasteiger partial charge in [0.2, 0.25) is 0 Å². The molecule has 0 saturated carbocycles. The average molecular weight is 509 g/mol. The second kappa shape index (κ2) is 9.00. The third-order valence-electron chi connectivity index (χ3n) is 9.50. The zero-order chi connectivity index (χ0) is 26.9. The minimum atomic E-state index is -0.393. The normalized spacial score (nSPS) is 28.0. The zero-order valence-electron chi connectivity index (χ0n) is 22.5. The second-order valence-corrected chi connectivity index (χ2v) is 10.7. The largest absolute Gasteiger partial charge is 0.507 e. The maximum absolute atomic E-state index is 11.5. The number of aliphatic hydroxyl groups is 1. The number of hydrogen-bond donors (Lipinski definition) is 3. The van der Waals surface area contributed by atoms with Gasteiger partial charge in [-0.3, -0.25) is 4.90 Å². The number of rotatable bonds is 4. The number of aromatic hydroxyl groups is 2. The number of piperidine rings is 1. The van der Waals surface area contributed by atoms with Gasteiger partial charge in [-0.05, 0) is 63.6 Å². The maximum atomic E-state index is 11.5. The summed E-state index contributed by atoms with van der Waals surface area (Å²) in [7, 11) is 6.76. The number of nitrogens with zero attached hydrogens (tertiary/aromatic N) is 2. The minimum Gasteiger partial charge on any atom is -0.507 e. The van der Waals surface area contributed by atoms with Crippen molar-refractivity contribution in [2.75, 3.05) is 35.0 Å². The molecule has 0 spiro atoms. The van der Waals surface area contributed by atoms with E-state index >= 15 is 0 Å². The van der Waals surface area contributed by atoms with Crippen LogP contribution in [-0.2, 0) is 12.8 Å². The molecule has 5 rings (SSSR count). The van der Waals surface area contributed by atoms with Gasteiger partial charge in [0.1, 0.15) is 17.2 Å². The van der Waals surface area contributed by atoms with Gasteiger partial charge in [0.05, 0.1) is 39.9 Å². The number of phenolic OH excluding ortho intramolecular Hbond substituents is 2. The van der Waals surface area contributed by atoms with Crippen LogP contribution < -0.4 is 14.2 Å². The Morgan fingerprint density at radius 2 is 1.51 bits per heavy atom. The van der Waals surface area contributed by atoms with E-state index in [1.807, 2.05) is 27.8 Å².